The smallest absolute Gasteiger partial charge is 0.345 e. The van der Waals surface area contributed by atoms with E-state index < -0.39 is 5.97 Å². The number of esters is 1. The predicted octanol–water partition coefficient (Wildman–Crippen LogP) is 4.89. The number of carbonyl (C=O) groups is 1. The number of fused-ring (bicyclic) bond motifs is 1. The highest BCUT2D eigenvalue weighted by atomic mass is 32.2. The number of nitrogens with one attached hydrogen (secondary N) is 1. The quantitative estimate of drug-likeness (QED) is 0.176. The number of carbonyl (C=O) groups excluding carboxylic acids is 1. The molecule has 2 aromatic carbocycles. The van der Waals surface area contributed by atoms with Gasteiger partial charge in [0.15, 0.2) is 11.0 Å². The molecule has 0 radical (unpaired) electrons. The van der Waals surface area contributed by atoms with Gasteiger partial charge in [0.05, 0.1) is 23.9 Å². The average Bonchev–Trinajstić information content (AvgIpc) is 3.40. The summed E-state index contributed by atoms with van der Waals surface area (Å²) >= 11 is 1.27. The second kappa shape index (κ2) is 9.34. The van der Waals surface area contributed by atoms with Crippen molar-refractivity contribution >= 4 is 34.3 Å². The summed E-state index contributed by atoms with van der Waals surface area (Å²) in [6, 6.07) is 15.7. The molecule has 0 aliphatic rings. The number of thioether (sulfide) groups is 1. The Labute approximate surface area is 202 Å². The van der Waals surface area contributed by atoms with Crippen LogP contribution < -0.4 is 0 Å². The number of H-pyrrole nitrogens is 1. The summed E-state index contributed by atoms with van der Waals surface area (Å²) in [4.78, 5) is 20.0. The van der Waals surface area contributed by atoms with Gasteiger partial charge in [-0.05, 0) is 23.1 Å². The first-order chi connectivity index (χ1) is 16.2. The molecule has 0 aliphatic carbocycles. The molecule has 0 aliphatic heterocycles. The Morgan fingerprint density at radius 1 is 1.12 bits per heavy atom. The number of ether oxygens (including phenoxy) is 1. The van der Waals surface area contributed by atoms with Crippen LogP contribution >= 0.6 is 11.8 Å². The summed E-state index contributed by atoms with van der Waals surface area (Å²) in [6.07, 6.45) is 0. The number of hydrogen-bond acceptors (Lipinski definition) is 7. The lowest BCUT2D eigenvalue weighted by molar-refractivity contribution is -0.133. The molecule has 4 rings (SSSR count). The van der Waals surface area contributed by atoms with E-state index >= 15 is 0 Å². The number of nitrogens with zero attached hydrogens (tertiary/aromatic N) is 4. The minimum Gasteiger partial charge on any atom is -0.510 e. The van der Waals surface area contributed by atoms with Crippen molar-refractivity contribution < 1.29 is 14.6 Å². The molecule has 34 heavy (non-hydrogen) atoms. The van der Waals surface area contributed by atoms with Crippen LogP contribution in [0.1, 0.15) is 32.2 Å². The van der Waals surface area contributed by atoms with Crippen LogP contribution in [-0.2, 0) is 22.0 Å². The van der Waals surface area contributed by atoms with Crippen molar-refractivity contribution in [3.63, 3.8) is 0 Å². The van der Waals surface area contributed by atoms with Gasteiger partial charge in [0.1, 0.15) is 17.2 Å². The van der Waals surface area contributed by atoms with Gasteiger partial charge in [-0.15, -0.1) is 10.2 Å². The minimum atomic E-state index is -0.672. The Kier molecular flexibility index (Phi) is 6.47. The van der Waals surface area contributed by atoms with Crippen molar-refractivity contribution in [2.24, 2.45) is 7.05 Å². The van der Waals surface area contributed by atoms with E-state index in [9.17, 15) is 9.90 Å². The largest absolute Gasteiger partial charge is 0.510 e. The highest BCUT2D eigenvalue weighted by molar-refractivity contribution is 7.99. The van der Waals surface area contributed by atoms with E-state index in [0.29, 0.717) is 10.7 Å². The van der Waals surface area contributed by atoms with Crippen LogP contribution in [0.2, 0.25) is 0 Å². The van der Waals surface area contributed by atoms with E-state index in [1.54, 1.807) is 0 Å². The fourth-order valence-corrected chi connectivity index (χ4v) is 4.33. The van der Waals surface area contributed by atoms with Crippen LogP contribution in [0, 0.1) is 0 Å². The lowest BCUT2D eigenvalue weighted by Gasteiger charge is -2.19. The average molecular weight is 478 g/mol. The second-order valence-corrected chi connectivity index (χ2v) is 9.84. The van der Waals surface area contributed by atoms with E-state index in [4.69, 9.17) is 4.74 Å². The molecule has 2 N–H and O–H groups in total. The van der Waals surface area contributed by atoms with Gasteiger partial charge in [0.2, 0.25) is 0 Å². The molecule has 0 saturated carbocycles. The third-order valence-corrected chi connectivity index (χ3v) is 6.52. The van der Waals surface area contributed by atoms with Crippen molar-refractivity contribution in [3.8, 4) is 11.4 Å². The lowest BCUT2D eigenvalue weighted by Crippen LogP contribution is -2.10. The number of aliphatic hydroxyl groups excluding tert-OH is 1. The van der Waals surface area contributed by atoms with Gasteiger partial charge in [-0.25, -0.2) is 9.78 Å². The van der Waals surface area contributed by atoms with Crippen LogP contribution in [0.3, 0.4) is 0 Å². The molecular formula is C25H27N5O3S. The molecular weight excluding hydrogens is 450 g/mol. The van der Waals surface area contributed by atoms with Crippen LogP contribution in [0.4, 0.5) is 0 Å². The molecule has 0 bridgehead atoms. The Balaban J connectivity index is 1.58. The fraction of sp³-hybridized carbons (Fsp3) is 0.280. The Hall–Kier alpha value is -3.59. The third kappa shape index (κ3) is 4.70. The zero-order valence-corrected chi connectivity index (χ0v) is 20.6. The zero-order chi connectivity index (χ0) is 24.5. The lowest BCUT2D eigenvalue weighted by atomic mass is 9.87. The van der Waals surface area contributed by atoms with Gasteiger partial charge in [0.25, 0.3) is 0 Å². The zero-order valence-electron chi connectivity index (χ0n) is 19.8. The molecule has 0 spiro atoms. The van der Waals surface area contributed by atoms with Gasteiger partial charge in [-0.1, -0.05) is 68.9 Å². The Bertz CT molecular complexity index is 1330. The molecule has 176 valence electrons. The highest BCUT2D eigenvalue weighted by Crippen LogP contribution is 2.29. The molecule has 2 aromatic heterocycles. The maximum atomic E-state index is 12.5. The number of aromatic amines is 1. The molecule has 0 atom stereocenters. The van der Waals surface area contributed by atoms with Gasteiger partial charge < -0.3 is 19.4 Å². The van der Waals surface area contributed by atoms with Crippen LogP contribution in [-0.4, -0.2) is 48.7 Å². The van der Waals surface area contributed by atoms with Crippen molar-refractivity contribution in [1.82, 2.24) is 24.7 Å². The van der Waals surface area contributed by atoms with Gasteiger partial charge in [0, 0.05) is 12.6 Å². The molecule has 0 amide bonds. The number of methoxy groups -OCH3 is 1. The van der Waals surface area contributed by atoms with E-state index in [0.717, 1.165) is 16.9 Å². The van der Waals surface area contributed by atoms with Gasteiger partial charge >= 0.3 is 5.97 Å². The van der Waals surface area contributed by atoms with E-state index in [2.05, 4.69) is 53.1 Å². The third-order valence-electron chi connectivity index (χ3n) is 5.49. The maximum Gasteiger partial charge on any atom is 0.345 e. The summed E-state index contributed by atoms with van der Waals surface area (Å²) in [5.41, 5.74) is 3.70. The van der Waals surface area contributed by atoms with E-state index in [-0.39, 0.29) is 28.3 Å². The molecule has 0 fully saturated rings. The summed E-state index contributed by atoms with van der Waals surface area (Å²) in [5.74, 6) is 0.238. The predicted molar refractivity (Wildman–Crippen MR) is 134 cm³/mol. The first-order valence-corrected chi connectivity index (χ1v) is 11.8. The molecule has 4 aromatic rings. The summed E-state index contributed by atoms with van der Waals surface area (Å²) < 4.78 is 6.76. The molecule has 2 heterocycles. The van der Waals surface area contributed by atoms with Crippen molar-refractivity contribution in [2.75, 3.05) is 12.9 Å². The number of imidazole rings is 1. The molecule has 0 unspecified atom stereocenters. The summed E-state index contributed by atoms with van der Waals surface area (Å²) in [6.45, 7) is 6.52. The van der Waals surface area contributed by atoms with Crippen molar-refractivity contribution in [3.05, 3.63) is 65.7 Å². The highest BCUT2D eigenvalue weighted by Gasteiger charge is 2.23. The number of para-hydroxylation sites is 2. The number of aliphatic hydroxyl groups is 1. The van der Waals surface area contributed by atoms with E-state index in [1.165, 1.54) is 24.4 Å². The number of benzene rings is 2. The van der Waals surface area contributed by atoms with E-state index in [1.807, 2.05) is 48.0 Å². The van der Waals surface area contributed by atoms with Gasteiger partial charge in [-0.3, -0.25) is 0 Å². The molecule has 8 nitrogen and oxygen atoms in total. The van der Waals surface area contributed by atoms with Crippen LogP contribution in [0.15, 0.2) is 59.4 Å². The Morgan fingerprint density at radius 3 is 2.47 bits per heavy atom. The first kappa shape index (κ1) is 23.6. The maximum absolute atomic E-state index is 12.5. The van der Waals surface area contributed by atoms with Crippen LogP contribution in [0.5, 0.6) is 0 Å². The van der Waals surface area contributed by atoms with Gasteiger partial charge in [-0.2, -0.15) is 0 Å². The Morgan fingerprint density at radius 2 is 1.82 bits per heavy atom. The topological polar surface area (TPSA) is 106 Å². The first-order valence-electron chi connectivity index (χ1n) is 10.8. The second-order valence-electron chi connectivity index (χ2n) is 8.90. The SMILES string of the molecule is COC(=O)C(=C(O)CSc1nnc(-c2ccc(C(C)(C)C)cc2)n1C)c1nc2ccccc2[nH]1. The number of aromatic nitrogens is 5. The normalized spacial score (nSPS) is 12.6. The standard InChI is InChI=1S/C25H27N5O3S/c1-25(2,3)16-12-10-15(11-13-16)22-28-29-24(30(22)4)34-14-19(31)20(23(32)33-5)21-26-17-8-6-7-9-18(17)27-21/h6-13,31H,14H2,1-5H3,(H,26,27). The fourth-order valence-electron chi connectivity index (χ4n) is 3.54. The molecule has 9 heteroatoms. The number of rotatable bonds is 6. The number of hydrogen-bond donors (Lipinski definition) is 2. The van der Waals surface area contributed by atoms with Crippen molar-refractivity contribution in [2.45, 2.75) is 31.3 Å². The molecule has 0 saturated heterocycles. The summed E-state index contributed by atoms with van der Waals surface area (Å²) in [5, 5.41) is 20.0. The van der Waals surface area contributed by atoms with Crippen molar-refractivity contribution in [1.29, 1.82) is 0 Å². The minimum absolute atomic E-state index is 0.00800. The monoisotopic (exact) mass is 477 g/mol. The summed E-state index contributed by atoms with van der Waals surface area (Å²) in [7, 11) is 3.14. The van der Waals surface area contributed by atoms with Crippen LogP contribution in [0.25, 0.3) is 28.0 Å².